The molecule has 0 bridgehead atoms. The van der Waals surface area contributed by atoms with Crippen molar-refractivity contribution >= 4 is 134 Å². The molecular weight excluding hydrogens is 1570 g/mol. The van der Waals surface area contributed by atoms with Gasteiger partial charge in [0.15, 0.2) is 29.4 Å². The van der Waals surface area contributed by atoms with E-state index in [4.69, 9.17) is 45.9 Å². The van der Waals surface area contributed by atoms with Crippen molar-refractivity contribution in [3.8, 4) is 0 Å². The van der Waals surface area contributed by atoms with Crippen LogP contribution in [0.4, 0.5) is 68.8 Å². The lowest BCUT2D eigenvalue weighted by molar-refractivity contribution is 0.524. The minimum absolute atomic E-state index is 0. The van der Waals surface area contributed by atoms with E-state index in [0.29, 0.717) is 78.5 Å². The summed E-state index contributed by atoms with van der Waals surface area (Å²) in [7, 11) is 0. The number of nitrogens with two attached hydrogens (primary N) is 8. The summed E-state index contributed by atoms with van der Waals surface area (Å²) in [5, 5.41) is 32.0. The van der Waals surface area contributed by atoms with Gasteiger partial charge < -0.3 is 55.8 Å². The van der Waals surface area contributed by atoms with Crippen LogP contribution in [0.15, 0.2) is 171 Å². The molecule has 0 radical (unpaired) electrons. The Morgan fingerprint density at radius 3 is 1.06 bits per heavy atom. The molecule has 0 fully saturated rings. The summed E-state index contributed by atoms with van der Waals surface area (Å²) in [4.78, 5) is 26.0. The molecule has 8 heterocycles. The van der Waals surface area contributed by atoms with E-state index in [-0.39, 0.29) is 97.3 Å². The van der Waals surface area contributed by atoms with Gasteiger partial charge in [0.2, 0.25) is 0 Å². The van der Waals surface area contributed by atoms with Crippen LogP contribution in [-0.4, -0.2) is 65.5 Å². The fourth-order valence-corrected chi connectivity index (χ4v) is 13.2. The molecule has 0 aliphatic heterocycles. The van der Waals surface area contributed by atoms with Crippen LogP contribution in [0.2, 0.25) is 0 Å². The Balaban J connectivity index is 0.000000176. The lowest BCUT2D eigenvalue weighted by atomic mass is 9.85. The van der Waals surface area contributed by atoms with Gasteiger partial charge in [0.25, 0.3) is 0 Å². The van der Waals surface area contributed by atoms with Crippen molar-refractivity contribution < 1.29 is 22.0 Å². The third-order valence-corrected chi connectivity index (χ3v) is 20.6. The lowest BCUT2D eigenvalue weighted by Gasteiger charge is -2.20. The molecule has 0 saturated carbocycles. The molecule has 18 N–H and O–H groups in total. The normalized spacial score (nSPS) is 11.9. The van der Waals surface area contributed by atoms with Gasteiger partial charge in [-0.1, -0.05) is 216 Å². The number of nitrogen functional groups attached to an aromatic ring is 8. The SMILES string of the molecule is C.CC(C)(C)c1cc(F)c2c(N)nccc2c1.CC(C)(C)c1cc(F)c2c(N)nncc2c1.CC(C)(C)c1cc2[nH]c(N)nc2cc1F.CC(C)(C)c1cc2ccnc(N)c2cc1F.CC(C)(C)c1cc2cnnc(N)c2cc1F.CC(C)(C)c1ccc2c(N)nccc2c1.CC(C)(C)c1ccc2c(N)nncc2c1.CC(C)(C)c1ccc2nc(N)[nH]c2c1. The first-order valence-electron chi connectivity index (χ1n) is 40.4. The van der Waals surface area contributed by atoms with Gasteiger partial charge in [-0.25, -0.2) is 46.9 Å². The van der Waals surface area contributed by atoms with Crippen LogP contribution < -0.4 is 45.9 Å². The maximum absolute atomic E-state index is 13.9. The summed E-state index contributed by atoms with van der Waals surface area (Å²) in [5.41, 5.74) is 56.0. The van der Waals surface area contributed by atoms with Crippen molar-refractivity contribution in [2.24, 2.45) is 0 Å². The summed E-state index contributed by atoms with van der Waals surface area (Å²) < 4.78 is 69.3. The average molecular weight is 1690 g/mol. The highest BCUT2D eigenvalue weighted by Crippen LogP contribution is 2.37. The Hall–Kier alpha value is -13.0. The molecule has 124 heavy (non-hydrogen) atoms. The highest BCUT2D eigenvalue weighted by Gasteiger charge is 2.26. The van der Waals surface area contributed by atoms with E-state index in [1.165, 1.54) is 47.2 Å². The highest BCUT2D eigenvalue weighted by atomic mass is 19.1. The van der Waals surface area contributed by atoms with Gasteiger partial charge in [0, 0.05) is 62.4 Å². The Bertz CT molecular complexity index is 6180. The van der Waals surface area contributed by atoms with Crippen LogP contribution in [0.1, 0.15) is 218 Å². The molecule has 0 spiro atoms. The van der Waals surface area contributed by atoms with E-state index in [1.54, 1.807) is 55.2 Å². The van der Waals surface area contributed by atoms with Gasteiger partial charge in [-0.15, -0.1) is 15.3 Å². The molecule has 8 aromatic heterocycles. The number of anilines is 8. The summed E-state index contributed by atoms with van der Waals surface area (Å²) in [5.74, 6) is 1.56. The number of nitrogens with zero attached hydrogens (tertiary/aromatic N) is 11. The van der Waals surface area contributed by atoms with Gasteiger partial charge >= 0.3 is 0 Å². The minimum atomic E-state index is -0.338. The number of nitrogens with one attached hydrogen (secondary N) is 2. The summed E-state index contributed by atoms with van der Waals surface area (Å²) in [6.45, 7) is 49.8. The second kappa shape index (κ2) is 37.4. The van der Waals surface area contributed by atoms with Gasteiger partial charge in [-0.2, -0.15) is 15.3 Å². The number of halogens is 5. The number of aromatic nitrogens is 13. The topological polar surface area (TPSA) is 382 Å². The summed E-state index contributed by atoms with van der Waals surface area (Å²) >= 11 is 0. The standard InChI is InChI=1S/2C13H15FN2.C13H16N2.2C12H14FN3.C12H15N3.C11H14FN3.C11H15N3.CH4/c1-13(2,3)10-6-8-4-5-16-12(15)9(8)7-11(10)14;1-13(2,3)9-6-8-4-5-16-12(15)11(8)10(14)7-9;1-13(2,3)10-4-5-11-9(8-10)6-7-15-12(11)14;1-12(2,3)9-4-7-6-15-16-11(14)8(7)5-10(9)13;1-12(2,3)8-4-7-6-15-16-11(14)10(7)9(13)5-8;1-12(2,3)9-4-5-10-8(6-9)7-14-15-11(10)13;1-11(2,3)6-4-8-9(5-7(6)12)15-10(13)14-8;1-11(2,3)7-4-5-8-9(6-7)14-10(12)13-8;/h2*4-7H,1-3H3,(H2,15,16);4-8H,1-3H3,(H2,14,15);2*4-6H,1-3H3,(H2,14,16);4-7H,1-3H3,(H2,13,15);4-5H,1-3H3,(H3,13,14,15);4-6H,1-3H3,(H3,12,13,14);1H4. The Morgan fingerprint density at radius 2 is 0.581 bits per heavy atom. The highest BCUT2D eigenvalue weighted by molar-refractivity contribution is 5.96. The molecule has 0 aliphatic carbocycles. The first-order chi connectivity index (χ1) is 56.9. The van der Waals surface area contributed by atoms with Crippen LogP contribution in [0.25, 0.3) is 86.7 Å². The zero-order valence-electron chi connectivity index (χ0n) is 75.1. The van der Waals surface area contributed by atoms with E-state index in [0.717, 1.165) is 65.4 Å². The predicted molar refractivity (Wildman–Crippen MR) is 507 cm³/mol. The van der Waals surface area contributed by atoms with E-state index >= 15 is 0 Å². The number of hydrogen-bond acceptors (Lipinski definition) is 19. The van der Waals surface area contributed by atoms with Gasteiger partial charge in [-0.05, 0) is 189 Å². The quantitative estimate of drug-likeness (QED) is 0.0630. The maximum Gasteiger partial charge on any atom is 0.198 e. The smallest absolute Gasteiger partial charge is 0.198 e. The molecule has 21 nitrogen and oxygen atoms in total. The number of pyridine rings is 3. The van der Waals surface area contributed by atoms with Crippen LogP contribution in [0.3, 0.4) is 0 Å². The molecule has 0 unspecified atom stereocenters. The lowest BCUT2D eigenvalue weighted by Crippen LogP contribution is -2.13. The van der Waals surface area contributed by atoms with E-state index in [9.17, 15) is 22.0 Å². The third-order valence-electron chi connectivity index (χ3n) is 20.6. The molecule has 0 atom stereocenters. The number of H-pyrrole nitrogens is 2. The maximum atomic E-state index is 13.9. The number of rotatable bonds is 0. The van der Waals surface area contributed by atoms with Crippen molar-refractivity contribution in [1.82, 2.24) is 65.5 Å². The zero-order chi connectivity index (χ0) is 91.4. The molecule has 654 valence electrons. The van der Waals surface area contributed by atoms with Crippen molar-refractivity contribution in [3.63, 3.8) is 0 Å². The van der Waals surface area contributed by atoms with Crippen LogP contribution >= 0.6 is 0 Å². The molecule has 0 aliphatic rings. The van der Waals surface area contributed by atoms with Crippen molar-refractivity contribution in [2.75, 3.05) is 45.9 Å². The second-order valence-electron chi connectivity index (χ2n) is 38.8. The number of fused-ring (bicyclic) bond motifs is 8. The second-order valence-corrected chi connectivity index (χ2v) is 38.8. The van der Waals surface area contributed by atoms with Gasteiger partial charge in [0.1, 0.15) is 46.5 Å². The molecule has 16 rings (SSSR count). The van der Waals surface area contributed by atoms with Crippen molar-refractivity contribution in [3.05, 3.63) is 244 Å². The summed E-state index contributed by atoms with van der Waals surface area (Å²) in [6.07, 6.45) is 9.88. The van der Waals surface area contributed by atoms with E-state index < -0.39 is 0 Å². The number of imidazole rings is 2. The van der Waals surface area contributed by atoms with Crippen molar-refractivity contribution in [1.29, 1.82) is 0 Å². The fourth-order valence-electron chi connectivity index (χ4n) is 13.2. The Labute approximate surface area is 724 Å². The van der Waals surface area contributed by atoms with E-state index in [2.05, 4.69) is 191 Å². The van der Waals surface area contributed by atoms with Gasteiger partial charge in [0.05, 0.1) is 51.4 Å². The molecule has 26 heteroatoms. The molecule has 0 amide bonds. The molecule has 8 aromatic carbocycles. The number of aromatic amines is 2. The summed E-state index contributed by atoms with van der Waals surface area (Å²) in [6, 6.07) is 41.1. The first kappa shape index (κ1) is 96.5. The molecule has 0 saturated heterocycles. The Morgan fingerprint density at radius 1 is 0.258 bits per heavy atom. The zero-order valence-corrected chi connectivity index (χ0v) is 75.1. The van der Waals surface area contributed by atoms with Gasteiger partial charge in [-0.3, -0.25) is 0 Å². The Kier molecular flexibility index (Phi) is 29.1. The molecular formula is C98H122F5N21. The predicted octanol–water partition coefficient (Wildman–Crippen LogP) is 23.1. The van der Waals surface area contributed by atoms with Crippen LogP contribution in [0.5, 0.6) is 0 Å². The minimum Gasteiger partial charge on any atom is -0.383 e. The third kappa shape index (κ3) is 24.0. The molecule has 16 aromatic rings. The van der Waals surface area contributed by atoms with Crippen molar-refractivity contribution in [2.45, 2.75) is 217 Å². The van der Waals surface area contributed by atoms with Crippen LogP contribution in [-0.2, 0) is 43.3 Å². The monoisotopic (exact) mass is 1690 g/mol. The van der Waals surface area contributed by atoms with Crippen LogP contribution in [0, 0.1) is 29.1 Å². The number of benzene rings is 8. The van der Waals surface area contributed by atoms with E-state index in [1.807, 2.05) is 126 Å². The fraction of sp³-hybridized carbons (Fsp3) is 0.337. The number of hydrogen-bond donors (Lipinski definition) is 10. The first-order valence-corrected chi connectivity index (χ1v) is 40.4. The average Bonchev–Trinajstić information content (AvgIpc) is 0.901. The largest absolute Gasteiger partial charge is 0.383 e.